The highest BCUT2D eigenvalue weighted by Gasteiger charge is 2.31. The molecule has 1 aromatic rings. The maximum absolute atomic E-state index is 12.0. The molecular weight excluding hydrogens is 252 g/mol. The first-order chi connectivity index (χ1) is 8.65. The van der Waals surface area contributed by atoms with E-state index in [2.05, 4.69) is 5.32 Å². The first-order valence-corrected chi connectivity index (χ1v) is 6.40. The highest BCUT2D eigenvalue weighted by Crippen LogP contribution is 2.32. The number of hydrogen-bond donors (Lipinski definition) is 1. The molecule has 5 heteroatoms. The lowest BCUT2D eigenvalue weighted by Crippen LogP contribution is -2.32. The zero-order chi connectivity index (χ0) is 13.1. The fraction of sp³-hybridized carbons (Fsp3) is 0.462. The molecule has 0 bridgehead atoms. The molecule has 1 atom stereocenters. The second-order valence-corrected chi connectivity index (χ2v) is 4.69. The van der Waals surface area contributed by atoms with E-state index in [1.54, 1.807) is 18.1 Å². The predicted molar refractivity (Wildman–Crippen MR) is 72.4 cm³/mol. The molecule has 0 aliphatic carbocycles. The van der Waals surface area contributed by atoms with Gasteiger partial charge in [-0.1, -0.05) is 18.5 Å². The lowest BCUT2D eigenvalue weighted by Gasteiger charge is -2.18. The summed E-state index contributed by atoms with van der Waals surface area (Å²) in [4.78, 5) is 13.7. The Balaban J connectivity index is 2.19. The summed E-state index contributed by atoms with van der Waals surface area (Å²) < 4.78 is 5.10. The van der Waals surface area contributed by atoms with Gasteiger partial charge in [0, 0.05) is 25.1 Å². The lowest BCUT2D eigenvalue weighted by atomic mass is 10.2. The van der Waals surface area contributed by atoms with E-state index < -0.39 is 0 Å². The summed E-state index contributed by atoms with van der Waals surface area (Å²) >= 11 is 6.18. The number of nitrogens with zero attached hydrogens (tertiary/aromatic N) is 1. The Hall–Kier alpha value is -1.26. The Labute approximate surface area is 112 Å². The summed E-state index contributed by atoms with van der Waals surface area (Å²) in [5.74, 6) is 0.798. The summed E-state index contributed by atoms with van der Waals surface area (Å²) in [7, 11) is 1.59. The van der Waals surface area contributed by atoms with Crippen LogP contribution in [-0.2, 0) is 4.79 Å². The maximum Gasteiger partial charge on any atom is 0.228 e. The van der Waals surface area contributed by atoms with Crippen molar-refractivity contribution < 1.29 is 9.53 Å². The number of likely N-dealkylation sites (N-methyl/N-ethyl adjacent to an activating group) is 1. The van der Waals surface area contributed by atoms with Crippen LogP contribution < -0.4 is 15.0 Å². The van der Waals surface area contributed by atoms with E-state index in [-0.39, 0.29) is 11.9 Å². The number of halogens is 1. The number of carbonyl (C=O) groups is 1. The van der Waals surface area contributed by atoms with Crippen molar-refractivity contribution in [1.29, 1.82) is 0 Å². The minimum Gasteiger partial charge on any atom is -0.497 e. The molecule has 0 spiro atoms. The van der Waals surface area contributed by atoms with E-state index in [4.69, 9.17) is 16.3 Å². The van der Waals surface area contributed by atoms with E-state index in [0.29, 0.717) is 23.7 Å². The number of ether oxygens (including phenoxy) is 1. The lowest BCUT2D eigenvalue weighted by molar-refractivity contribution is -0.117. The van der Waals surface area contributed by atoms with Gasteiger partial charge in [-0.15, -0.1) is 0 Å². The van der Waals surface area contributed by atoms with E-state index in [1.165, 1.54) is 0 Å². The van der Waals surface area contributed by atoms with Crippen LogP contribution in [0, 0.1) is 0 Å². The molecular formula is C13H17ClN2O2. The minimum atomic E-state index is 0.105. The van der Waals surface area contributed by atoms with Crippen molar-refractivity contribution in [2.24, 2.45) is 0 Å². The molecule has 1 saturated heterocycles. The molecule has 1 unspecified atom stereocenters. The highest BCUT2D eigenvalue weighted by atomic mass is 35.5. The molecule has 0 aromatic heterocycles. The second-order valence-electron chi connectivity index (χ2n) is 4.28. The number of methoxy groups -OCH3 is 1. The van der Waals surface area contributed by atoms with Crippen LogP contribution in [0.25, 0.3) is 0 Å². The van der Waals surface area contributed by atoms with Gasteiger partial charge < -0.3 is 15.0 Å². The van der Waals surface area contributed by atoms with Gasteiger partial charge in [0.05, 0.1) is 17.8 Å². The third kappa shape index (κ3) is 2.60. The number of anilines is 1. The van der Waals surface area contributed by atoms with Gasteiger partial charge in [-0.05, 0) is 18.7 Å². The molecule has 4 nitrogen and oxygen atoms in total. The monoisotopic (exact) mass is 268 g/mol. The van der Waals surface area contributed by atoms with Crippen molar-refractivity contribution in [3.63, 3.8) is 0 Å². The van der Waals surface area contributed by atoms with Crippen molar-refractivity contribution in [3.8, 4) is 5.75 Å². The molecule has 98 valence electrons. The van der Waals surface area contributed by atoms with Crippen molar-refractivity contribution in [3.05, 3.63) is 23.2 Å². The van der Waals surface area contributed by atoms with Crippen LogP contribution in [0.15, 0.2) is 18.2 Å². The Morgan fingerprint density at radius 3 is 2.94 bits per heavy atom. The molecule has 1 aliphatic rings. The van der Waals surface area contributed by atoms with Gasteiger partial charge in [0.25, 0.3) is 0 Å². The van der Waals surface area contributed by atoms with Crippen LogP contribution in [0.2, 0.25) is 5.02 Å². The molecule has 1 heterocycles. The predicted octanol–water partition coefficient (Wildman–Crippen LogP) is 2.06. The van der Waals surface area contributed by atoms with E-state index in [0.717, 1.165) is 12.2 Å². The number of amides is 1. The van der Waals surface area contributed by atoms with Crippen LogP contribution in [0.5, 0.6) is 5.75 Å². The zero-order valence-corrected chi connectivity index (χ0v) is 11.3. The van der Waals surface area contributed by atoms with Gasteiger partial charge in [0.2, 0.25) is 5.91 Å². The Morgan fingerprint density at radius 2 is 2.33 bits per heavy atom. The number of hydrogen-bond acceptors (Lipinski definition) is 3. The topological polar surface area (TPSA) is 41.6 Å². The molecule has 1 aromatic carbocycles. The summed E-state index contributed by atoms with van der Waals surface area (Å²) in [6.07, 6.45) is 0.524. The van der Waals surface area contributed by atoms with Crippen LogP contribution in [0.3, 0.4) is 0 Å². The Bertz CT molecular complexity index is 451. The van der Waals surface area contributed by atoms with Gasteiger partial charge in [-0.25, -0.2) is 0 Å². The number of rotatable bonds is 4. The average molecular weight is 269 g/mol. The molecule has 1 amide bonds. The van der Waals surface area contributed by atoms with Crippen LogP contribution >= 0.6 is 11.6 Å². The van der Waals surface area contributed by atoms with Crippen LogP contribution in [0.1, 0.15) is 13.3 Å². The normalized spacial score (nSPS) is 19.4. The van der Waals surface area contributed by atoms with Crippen LogP contribution in [0.4, 0.5) is 5.69 Å². The zero-order valence-electron chi connectivity index (χ0n) is 10.6. The van der Waals surface area contributed by atoms with E-state index >= 15 is 0 Å². The molecule has 2 rings (SSSR count). The second kappa shape index (κ2) is 5.59. The van der Waals surface area contributed by atoms with Gasteiger partial charge in [0.1, 0.15) is 5.75 Å². The first kappa shape index (κ1) is 13.2. The average Bonchev–Trinajstić information content (AvgIpc) is 2.70. The van der Waals surface area contributed by atoms with Gasteiger partial charge >= 0.3 is 0 Å². The quantitative estimate of drug-likeness (QED) is 0.909. The molecule has 0 saturated carbocycles. The van der Waals surface area contributed by atoms with Crippen molar-refractivity contribution in [1.82, 2.24) is 5.32 Å². The molecule has 1 aliphatic heterocycles. The van der Waals surface area contributed by atoms with Crippen molar-refractivity contribution >= 4 is 23.2 Å². The maximum atomic E-state index is 12.0. The third-order valence-electron chi connectivity index (χ3n) is 3.06. The van der Waals surface area contributed by atoms with Crippen molar-refractivity contribution in [2.45, 2.75) is 19.4 Å². The standard InChI is InChI=1S/C13H17ClN2O2/c1-3-15-9-6-13(17)16(8-9)12-5-4-10(18-2)7-11(12)14/h4-5,7,9,15H,3,6,8H2,1-2H3. The Kier molecular flexibility index (Phi) is 4.09. The largest absolute Gasteiger partial charge is 0.497 e. The molecule has 1 fully saturated rings. The summed E-state index contributed by atoms with van der Waals surface area (Å²) in [5, 5.41) is 3.83. The smallest absolute Gasteiger partial charge is 0.228 e. The minimum absolute atomic E-state index is 0.105. The molecule has 1 N–H and O–H groups in total. The van der Waals surface area contributed by atoms with Gasteiger partial charge in [-0.3, -0.25) is 4.79 Å². The summed E-state index contributed by atoms with van der Waals surface area (Å²) in [5.41, 5.74) is 0.753. The SMILES string of the molecule is CCNC1CC(=O)N(c2ccc(OC)cc2Cl)C1. The van der Waals surface area contributed by atoms with Gasteiger partial charge in [0.15, 0.2) is 0 Å². The van der Waals surface area contributed by atoms with Crippen molar-refractivity contribution in [2.75, 3.05) is 25.1 Å². The van der Waals surface area contributed by atoms with Crippen LogP contribution in [-0.4, -0.2) is 32.1 Å². The number of carbonyl (C=O) groups excluding carboxylic acids is 1. The highest BCUT2D eigenvalue weighted by molar-refractivity contribution is 6.34. The Morgan fingerprint density at radius 1 is 1.56 bits per heavy atom. The fourth-order valence-electron chi connectivity index (χ4n) is 2.20. The molecule has 18 heavy (non-hydrogen) atoms. The molecule has 0 radical (unpaired) electrons. The summed E-state index contributed by atoms with van der Waals surface area (Å²) in [6.45, 7) is 3.56. The van der Waals surface area contributed by atoms with Gasteiger partial charge in [-0.2, -0.15) is 0 Å². The third-order valence-corrected chi connectivity index (χ3v) is 3.37. The fourth-order valence-corrected chi connectivity index (χ4v) is 2.47. The first-order valence-electron chi connectivity index (χ1n) is 6.03. The summed E-state index contributed by atoms with van der Waals surface area (Å²) in [6, 6.07) is 5.58. The van der Waals surface area contributed by atoms with E-state index in [9.17, 15) is 4.79 Å². The van der Waals surface area contributed by atoms with E-state index in [1.807, 2.05) is 19.1 Å². The number of nitrogens with one attached hydrogen (secondary N) is 1. The number of benzene rings is 1.